The van der Waals surface area contributed by atoms with Gasteiger partial charge < -0.3 is 15.4 Å². The van der Waals surface area contributed by atoms with Gasteiger partial charge >= 0.3 is 0 Å². The Bertz CT molecular complexity index is 542. The average Bonchev–Trinajstić information content (AvgIpc) is 3.09. The first-order valence-corrected chi connectivity index (χ1v) is 7.75. The lowest BCUT2D eigenvalue weighted by molar-refractivity contribution is 0.0944. The largest absolute Gasteiger partial charge is 0.396 e. The molecule has 1 aromatic carbocycles. The maximum Gasteiger partial charge on any atom is 0.0924 e. The van der Waals surface area contributed by atoms with E-state index in [9.17, 15) is 5.11 Å². The van der Waals surface area contributed by atoms with Gasteiger partial charge in [0.1, 0.15) is 0 Å². The Balaban J connectivity index is 1.62. The zero-order valence-corrected chi connectivity index (χ0v) is 12.3. The van der Waals surface area contributed by atoms with E-state index in [2.05, 4.69) is 39.6 Å². The van der Waals surface area contributed by atoms with Crippen molar-refractivity contribution in [2.75, 3.05) is 18.5 Å². The predicted octanol–water partition coefficient (Wildman–Crippen LogP) is 3.43. The van der Waals surface area contributed by atoms with Gasteiger partial charge in [0.15, 0.2) is 0 Å². The molecule has 0 amide bonds. The Kier molecular flexibility index (Phi) is 4.25. The van der Waals surface area contributed by atoms with Gasteiger partial charge in [-0.3, -0.25) is 0 Å². The fraction of sp³-hybridized carbons (Fsp3) is 0.471. The van der Waals surface area contributed by atoms with Crippen LogP contribution in [-0.2, 0) is 0 Å². The van der Waals surface area contributed by atoms with Crippen molar-refractivity contribution in [3.63, 3.8) is 0 Å². The molecule has 1 aliphatic carbocycles. The second kappa shape index (κ2) is 6.31. The molecule has 0 atom stereocenters. The predicted molar refractivity (Wildman–Crippen MR) is 85.1 cm³/mol. The van der Waals surface area contributed by atoms with Crippen LogP contribution in [0, 0.1) is 5.41 Å². The van der Waals surface area contributed by atoms with Crippen LogP contribution in [0.4, 0.5) is 5.69 Å². The summed E-state index contributed by atoms with van der Waals surface area (Å²) < 4.78 is 0. The Morgan fingerprint density at radius 2 is 1.90 bits per heavy atom. The van der Waals surface area contributed by atoms with Crippen molar-refractivity contribution in [3.8, 4) is 11.3 Å². The molecule has 0 radical (unpaired) electrons. The number of imidazole rings is 1. The van der Waals surface area contributed by atoms with Crippen LogP contribution in [0.1, 0.15) is 32.1 Å². The highest BCUT2D eigenvalue weighted by Gasteiger charge is 2.30. The van der Waals surface area contributed by atoms with E-state index in [-0.39, 0.29) is 12.0 Å². The van der Waals surface area contributed by atoms with Crippen LogP contribution in [0.3, 0.4) is 0 Å². The van der Waals surface area contributed by atoms with E-state index in [1.807, 2.05) is 6.20 Å². The normalized spacial score (nSPS) is 17.6. The summed E-state index contributed by atoms with van der Waals surface area (Å²) in [6.07, 6.45) is 9.55. The first-order chi connectivity index (χ1) is 10.3. The van der Waals surface area contributed by atoms with Gasteiger partial charge in [-0.15, -0.1) is 0 Å². The Hall–Kier alpha value is -1.81. The Morgan fingerprint density at radius 1 is 1.14 bits per heavy atom. The summed E-state index contributed by atoms with van der Waals surface area (Å²) in [5, 5.41) is 13.2. The molecule has 0 spiro atoms. The van der Waals surface area contributed by atoms with E-state index in [1.54, 1.807) is 6.33 Å². The number of aromatic amines is 1. The number of hydrogen-bond acceptors (Lipinski definition) is 3. The van der Waals surface area contributed by atoms with Gasteiger partial charge in [0.05, 0.1) is 24.8 Å². The van der Waals surface area contributed by atoms with E-state index < -0.39 is 0 Å². The summed E-state index contributed by atoms with van der Waals surface area (Å²) in [7, 11) is 0. The molecule has 21 heavy (non-hydrogen) atoms. The molecule has 1 heterocycles. The number of benzene rings is 1. The highest BCUT2D eigenvalue weighted by atomic mass is 16.3. The number of nitrogens with zero attached hydrogens (tertiary/aromatic N) is 1. The van der Waals surface area contributed by atoms with Crippen LogP contribution < -0.4 is 5.32 Å². The molecule has 1 aliphatic rings. The monoisotopic (exact) mass is 285 g/mol. The number of H-pyrrole nitrogens is 1. The number of aromatic nitrogens is 2. The number of anilines is 1. The number of rotatable bonds is 5. The minimum absolute atomic E-state index is 0.0697. The van der Waals surface area contributed by atoms with Gasteiger partial charge in [-0.2, -0.15) is 0 Å². The Labute approximate surface area is 125 Å². The molecule has 4 heteroatoms. The first-order valence-electron chi connectivity index (χ1n) is 7.75. The molecular formula is C17H23N3O. The Morgan fingerprint density at radius 3 is 2.52 bits per heavy atom. The van der Waals surface area contributed by atoms with Crippen LogP contribution in [0.2, 0.25) is 0 Å². The third-order valence-electron chi connectivity index (χ3n) is 4.61. The maximum atomic E-state index is 9.74. The van der Waals surface area contributed by atoms with Crippen molar-refractivity contribution in [2.24, 2.45) is 5.41 Å². The van der Waals surface area contributed by atoms with Gasteiger partial charge in [-0.05, 0) is 30.5 Å². The lowest BCUT2D eigenvalue weighted by Gasteiger charge is -2.36. The van der Waals surface area contributed by atoms with Crippen LogP contribution in [-0.4, -0.2) is 28.2 Å². The first kappa shape index (κ1) is 14.1. The fourth-order valence-corrected chi connectivity index (χ4v) is 3.16. The summed E-state index contributed by atoms with van der Waals surface area (Å²) in [6, 6.07) is 8.35. The molecule has 0 aliphatic heterocycles. The number of aliphatic hydroxyl groups is 1. The molecule has 3 N–H and O–H groups in total. The molecule has 4 nitrogen and oxygen atoms in total. The van der Waals surface area contributed by atoms with E-state index in [1.165, 1.54) is 19.3 Å². The minimum atomic E-state index is 0.0697. The zero-order valence-electron chi connectivity index (χ0n) is 12.3. The topological polar surface area (TPSA) is 60.9 Å². The lowest BCUT2D eigenvalue weighted by atomic mass is 9.74. The third kappa shape index (κ3) is 3.27. The minimum Gasteiger partial charge on any atom is -0.396 e. The summed E-state index contributed by atoms with van der Waals surface area (Å²) in [6.45, 7) is 1.14. The summed E-state index contributed by atoms with van der Waals surface area (Å²) >= 11 is 0. The van der Waals surface area contributed by atoms with Crippen molar-refractivity contribution in [3.05, 3.63) is 36.8 Å². The van der Waals surface area contributed by atoms with Crippen LogP contribution in [0.5, 0.6) is 0 Å². The average molecular weight is 285 g/mol. The van der Waals surface area contributed by atoms with E-state index in [0.29, 0.717) is 0 Å². The van der Waals surface area contributed by atoms with E-state index in [0.717, 1.165) is 36.3 Å². The molecular weight excluding hydrogens is 262 g/mol. The summed E-state index contributed by atoms with van der Waals surface area (Å²) in [5.74, 6) is 0. The van der Waals surface area contributed by atoms with Gasteiger partial charge in [-0.1, -0.05) is 31.4 Å². The number of hydrogen-bond donors (Lipinski definition) is 3. The molecule has 0 unspecified atom stereocenters. The van der Waals surface area contributed by atoms with Gasteiger partial charge in [0.25, 0.3) is 0 Å². The van der Waals surface area contributed by atoms with E-state index in [4.69, 9.17) is 0 Å². The van der Waals surface area contributed by atoms with Crippen molar-refractivity contribution >= 4 is 5.69 Å². The maximum absolute atomic E-state index is 9.74. The quantitative estimate of drug-likeness (QED) is 0.788. The van der Waals surface area contributed by atoms with Crippen LogP contribution >= 0.6 is 0 Å². The van der Waals surface area contributed by atoms with Gasteiger partial charge in [0, 0.05) is 17.6 Å². The number of aliphatic hydroxyl groups excluding tert-OH is 1. The standard InChI is InChI=1S/C17H23N3O/c21-12-17(8-2-1-3-9-17)11-19-15-6-4-14(5-7-15)16-10-18-13-20-16/h4-7,10,13,19,21H,1-3,8-9,11-12H2,(H,18,20). The second-order valence-corrected chi connectivity index (χ2v) is 6.11. The molecule has 0 bridgehead atoms. The zero-order chi connectivity index (χ0) is 14.5. The fourth-order valence-electron chi connectivity index (χ4n) is 3.16. The van der Waals surface area contributed by atoms with Crippen LogP contribution in [0.25, 0.3) is 11.3 Å². The van der Waals surface area contributed by atoms with E-state index >= 15 is 0 Å². The molecule has 1 saturated carbocycles. The lowest BCUT2D eigenvalue weighted by Crippen LogP contribution is -2.35. The van der Waals surface area contributed by atoms with Crippen molar-refractivity contribution in [1.82, 2.24) is 9.97 Å². The molecule has 1 aromatic heterocycles. The van der Waals surface area contributed by atoms with Crippen LogP contribution in [0.15, 0.2) is 36.8 Å². The third-order valence-corrected chi connectivity index (χ3v) is 4.61. The summed E-state index contributed by atoms with van der Waals surface area (Å²) in [5.41, 5.74) is 3.34. The molecule has 112 valence electrons. The van der Waals surface area contributed by atoms with Crippen molar-refractivity contribution in [1.29, 1.82) is 0 Å². The number of nitrogens with one attached hydrogen (secondary N) is 2. The van der Waals surface area contributed by atoms with Crippen molar-refractivity contribution < 1.29 is 5.11 Å². The SMILES string of the molecule is OCC1(CNc2ccc(-c3cnc[nH]3)cc2)CCCCC1. The highest BCUT2D eigenvalue weighted by Crippen LogP contribution is 2.36. The smallest absolute Gasteiger partial charge is 0.0924 e. The van der Waals surface area contributed by atoms with Gasteiger partial charge in [-0.25, -0.2) is 4.98 Å². The molecule has 1 fully saturated rings. The molecule has 2 aromatic rings. The highest BCUT2D eigenvalue weighted by molar-refractivity contribution is 5.61. The summed E-state index contributed by atoms with van der Waals surface area (Å²) in [4.78, 5) is 7.15. The molecule has 3 rings (SSSR count). The molecule has 0 saturated heterocycles. The van der Waals surface area contributed by atoms with Gasteiger partial charge in [0.2, 0.25) is 0 Å². The second-order valence-electron chi connectivity index (χ2n) is 6.11. The van der Waals surface area contributed by atoms with Crippen molar-refractivity contribution in [2.45, 2.75) is 32.1 Å².